The number of alkyl halides is 3. The highest BCUT2D eigenvalue weighted by molar-refractivity contribution is 5.85. The minimum Gasteiger partial charge on any atom is -0.497 e. The molecular weight excluding hydrogens is 517 g/mol. The van der Waals surface area contributed by atoms with Crippen molar-refractivity contribution in [3.8, 4) is 34.0 Å². The van der Waals surface area contributed by atoms with Crippen LogP contribution in [0.1, 0.15) is 24.2 Å². The molecule has 0 bridgehead atoms. The quantitative estimate of drug-likeness (QED) is 0.330. The zero-order valence-corrected chi connectivity index (χ0v) is 21.1. The van der Waals surface area contributed by atoms with Gasteiger partial charge < -0.3 is 14.8 Å². The number of methoxy groups -OCH3 is 1. The van der Waals surface area contributed by atoms with Crippen LogP contribution in [0, 0.1) is 0 Å². The number of benzene rings is 2. The van der Waals surface area contributed by atoms with Gasteiger partial charge in [0.05, 0.1) is 12.5 Å². The molecule has 0 saturated heterocycles. The van der Waals surface area contributed by atoms with Crippen molar-refractivity contribution in [2.45, 2.75) is 32.8 Å². The van der Waals surface area contributed by atoms with Gasteiger partial charge in [0.2, 0.25) is 5.91 Å². The van der Waals surface area contributed by atoms with Gasteiger partial charge in [0, 0.05) is 28.9 Å². The molecule has 2 aromatic carbocycles. The summed E-state index contributed by atoms with van der Waals surface area (Å²) in [6.07, 6.45) is -2.82. The average molecular weight is 540 g/mol. The number of carbonyl (C=O) groups is 2. The number of ether oxygens (including phenoxy) is 2. The van der Waals surface area contributed by atoms with Crippen LogP contribution in [0.3, 0.4) is 0 Å². The van der Waals surface area contributed by atoms with E-state index in [4.69, 9.17) is 4.74 Å². The highest BCUT2D eigenvalue weighted by atomic mass is 19.4. The summed E-state index contributed by atoms with van der Waals surface area (Å²) in [5.41, 5.74) is 0.873. The number of hydrogen-bond acceptors (Lipinski definition) is 7. The van der Waals surface area contributed by atoms with Crippen LogP contribution in [0.2, 0.25) is 0 Å². The number of pyridine rings is 1. The predicted octanol–water partition coefficient (Wildman–Crippen LogP) is 4.37. The van der Waals surface area contributed by atoms with Crippen molar-refractivity contribution in [1.29, 1.82) is 0 Å². The molecule has 1 N–H and O–H groups in total. The Morgan fingerprint density at radius 1 is 1.08 bits per heavy atom. The topological polar surface area (TPSA) is 112 Å². The molecule has 202 valence electrons. The van der Waals surface area contributed by atoms with Crippen molar-refractivity contribution in [3.63, 3.8) is 0 Å². The molecule has 9 nitrogen and oxygen atoms in total. The largest absolute Gasteiger partial charge is 0.573 e. The van der Waals surface area contributed by atoms with E-state index in [1.807, 2.05) is 0 Å². The van der Waals surface area contributed by atoms with Gasteiger partial charge in [-0.05, 0) is 55.8 Å². The van der Waals surface area contributed by atoms with Crippen LogP contribution in [0.15, 0.2) is 59.5 Å². The van der Waals surface area contributed by atoms with Gasteiger partial charge in [-0.15, -0.1) is 13.2 Å². The molecule has 0 atom stereocenters. The molecule has 4 aromatic rings. The third-order valence-corrected chi connectivity index (χ3v) is 5.52. The van der Waals surface area contributed by atoms with Gasteiger partial charge in [0.15, 0.2) is 5.65 Å². The number of hydrogen-bond donors (Lipinski definition) is 1. The fourth-order valence-electron chi connectivity index (χ4n) is 3.95. The van der Waals surface area contributed by atoms with Crippen LogP contribution in [-0.2, 0) is 11.3 Å². The van der Waals surface area contributed by atoms with Crippen molar-refractivity contribution in [2.24, 2.45) is 0 Å². The number of nitrogens with one attached hydrogen (secondary N) is 1. The standard InChI is InChI=1S/C27H23F3N4O5/c1-15(2)32-23(36)13-34-25(17-5-4-6-20(9-17)39-27(28,29)30)33-24-22(26(34)37)11-19(12-31-24)18-7-16(14-35)8-21(10-18)38-3/h4-12,14-15H,13H2,1-3H3,(H,32,36). The van der Waals surface area contributed by atoms with Crippen molar-refractivity contribution in [2.75, 3.05) is 7.11 Å². The van der Waals surface area contributed by atoms with Gasteiger partial charge in [0.25, 0.3) is 5.56 Å². The Hall–Kier alpha value is -4.74. The van der Waals surface area contributed by atoms with Gasteiger partial charge in [-0.2, -0.15) is 0 Å². The van der Waals surface area contributed by atoms with Crippen molar-refractivity contribution >= 4 is 23.2 Å². The second-order valence-electron chi connectivity index (χ2n) is 8.83. The SMILES string of the molecule is COc1cc(C=O)cc(-c2cnc3nc(-c4cccc(OC(F)(F)F)c4)n(CC(=O)NC(C)C)c(=O)c3c2)c1. The lowest BCUT2D eigenvalue weighted by atomic mass is 10.0. The number of nitrogens with zero attached hydrogens (tertiary/aromatic N) is 3. The van der Waals surface area contributed by atoms with Gasteiger partial charge in [0.1, 0.15) is 30.2 Å². The van der Waals surface area contributed by atoms with Crippen LogP contribution in [0.4, 0.5) is 13.2 Å². The monoisotopic (exact) mass is 540 g/mol. The van der Waals surface area contributed by atoms with E-state index < -0.39 is 30.1 Å². The number of fused-ring (bicyclic) bond motifs is 1. The zero-order chi connectivity index (χ0) is 28.3. The summed E-state index contributed by atoms with van der Waals surface area (Å²) in [5.74, 6) is -0.652. The normalized spacial score (nSPS) is 11.5. The third kappa shape index (κ3) is 6.40. The number of aromatic nitrogens is 3. The summed E-state index contributed by atoms with van der Waals surface area (Å²) in [6.45, 7) is 3.05. The first-order valence-electron chi connectivity index (χ1n) is 11.7. The Bertz CT molecular complexity index is 1620. The number of aldehydes is 1. The molecule has 12 heteroatoms. The Balaban J connectivity index is 1.90. The zero-order valence-electron chi connectivity index (χ0n) is 21.1. The van der Waals surface area contributed by atoms with Gasteiger partial charge >= 0.3 is 6.36 Å². The van der Waals surface area contributed by atoms with E-state index in [0.717, 1.165) is 16.7 Å². The van der Waals surface area contributed by atoms with Gasteiger partial charge in [-0.1, -0.05) is 12.1 Å². The molecule has 0 spiro atoms. The van der Waals surface area contributed by atoms with E-state index in [0.29, 0.717) is 28.7 Å². The lowest BCUT2D eigenvalue weighted by Crippen LogP contribution is -2.37. The molecule has 4 rings (SSSR count). The summed E-state index contributed by atoms with van der Waals surface area (Å²) >= 11 is 0. The maximum atomic E-state index is 13.7. The maximum absolute atomic E-state index is 13.7. The van der Waals surface area contributed by atoms with Crippen LogP contribution in [0.25, 0.3) is 33.5 Å². The predicted molar refractivity (Wildman–Crippen MR) is 137 cm³/mol. The molecule has 1 amide bonds. The highest BCUT2D eigenvalue weighted by Crippen LogP contribution is 2.29. The van der Waals surface area contributed by atoms with E-state index in [1.54, 1.807) is 32.0 Å². The van der Waals surface area contributed by atoms with Gasteiger partial charge in [-0.25, -0.2) is 9.97 Å². The average Bonchev–Trinajstić information content (AvgIpc) is 2.88. The van der Waals surface area contributed by atoms with Crippen LogP contribution >= 0.6 is 0 Å². The summed E-state index contributed by atoms with van der Waals surface area (Å²) in [6, 6.07) is 11.1. The van der Waals surface area contributed by atoms with E-state index >= 15 is 0 Å². The van der Waals surface area contributed by atoms with E-state index in [9.17, 15) is 27.6 Å². The molecular formula is C27H23F3N4O5. The number of carbonyl (C=O) groups excluding carboxylic acids is 2. The minimum atomic E-state index is -4.92. The first kappa shape index (κ1) is 27.3. The summed E-state index contributed by atoms with van der Waals surface area (Å²) in [5, 5.41) is 2.75. The van der Waals surface area contributed by atoms with Crippen molar-refractivity contribution < 1.29 is 32.2 Å². The van der Waals surface area contributed by atoms with Crippen molar-refractivity contribution in [1.82, 2.24) is 19.9 Å². The highest BCUT2D eigenvalue weighted by Gasteiger charge is 2.31. The molecule has 0 saturated carbocycles. The molecule has 0 fully saturated rings. The Morgan fingerprint density at radius 3 is 2.49 bits per heavy atom. The second-order valence-corrected chi connectivity index (χ2v) is 8.83. The number of amides is 1. The van der Waals surface area contributed by atoms with Gasteiger partial charge in [-0.3, -0.25) is 19.0 Å². The second kappa shape index (κ2) is 10.9. The lowest BCUT2D eigenvalue weighted by Gasteiger charge is -2.16. The van der Waals surface area contributed by atoms with E-state index in [-0.39, 0.29) is 28.5 Å². The third-order valence-electron chi connectivity index (χ3n) is 5.52. The molecule has 0 unspecified atom stereocenters. The molecule has 0 aliphatic carbocycles. The molecule has 39 heavy (non-hydrogen) atoms. The van der Waals surface area contributed by atoms with E-state index in [1.165, 1.54) is 31.5 Å². The molecule has 0 aliphatic heterocycles. The molecule has 0 radical (unpaired) electrons. The Morgan fingerprint density at radius 2 is 1.82 bits per heavy atom. The summed E-state index contributed by atoms with van der Waals surface area (Å²) < 4.78 is 48.8. The fraction of sp³-hybridized carbons (Fsp3) is 0.222. The smallest absolute Gasteiger partial charge is 0.497 e. The van der Waals surface area contributed by atoms with E-state index in [2.05, 4.69) is 20.0 Å². The maximum Gasteiger partial charge on any atom is 0.573 e. The Kier molecular flexibility index (Phi) is 7.65. The summed E-state index contributed by atoms with van der Waals surface area (Å²) in [4.78, 5) is 46.5. The molecule has 0 aliphatic rings. The lowest BCUT2D eigenvalue weighted by molar-refractivity contribution is -0.274. The van der Waals surface area contributed by atoms with Crippen LogP contribution < -0.4 is 20.3 Å². The fourth-order valence-corrected chi connectivity index (χ4v) is 3.95. The van der Waals surface area contributed by atoms with Crippen LogP contribution in [0.5, 0.6) is 11.5 Å². The first-order valence-corrected chi connectivity index (χ1v) is 11.7. The van der Waals surface area contributed by atoms with Crippen molar-refractivity contribution in [3.05, 3.63) is 70.6 Å². The summed E-state index contributed by atoms with van der Waals surface area (Å²) in [7, 11) is 1.45. The molecule has 2 heterocycles. The first-order chi connectivity index (χ1) is 18.5. The number of halogens is 3. The number of rotatable bonds is 8. The minimum absolute atomic E-state index is 0.0138. The molecule has 2 aromatic heterocycles. The Labute approximate surface area is 220 Å². The van der Waals surface area contributed by atoms with Crippen LogP contribution in [-0.4, -0.2) is 46.2 Å².